The third-order valence-electron chi connectivity index (χ3n) is 7.31. The molecule has 1 N–H and O–H groups in total. The molecule has 0 saturated heterocycles. The van der Waals surface area contributed by atoms with Gasteiger partial charge in [0, 0.05) is 18.9 Å². The highest BCUT2D eigenvalue weighted by Gasteiger charge is 2.48. The molecule has 2 aromatic heterocycles. The number of carbonyl (C=O) groups is 2. The molecule has 1 aliphatic carbocycles. The molecule has 1 saturated carbocycles. The number of nitrogens with one attached hydrogen (secondary N) is 1. The van der Waals surface area contributed by atoms with E-state index >= 15 is 0 Å². The van der Waals surface area contributed by atoms with Gasteiger partial charge in [0.25, 0.3) is 0 Å². The van der Waals surface area contributed by atoms with Crippen molar-refractivity contribution in [2.45, 2.75) is 69.6 Å². The number of aromatic nitrogens is 2. The number of benzene rings is 1. The van der Waals surface area contributed by atoms with E-state index in [9.17, 15) is 9.59 Å². The summed E-state index contributed by atoms with van der Waals surface area (Å²) < 4.78 is 11.0. The Hall–Kier alpha value is -3.74. The van der Waals surface area contributed by atoms with Crippen LogP contribution >= 0.6 is 0 Å². The summed E-state index contributed by atoms with van der Waals surface area (Å²) in [6.45, 7) is 0.476. The Balaban J connectivity index is 1.41. The second-order valence-corrected chi connectivity index (χ2v) is 9.94. The van der Waals surface area contributed by atoms with Crippen LogP contribution < -0.4 is 5.32 Å². The molecule has 2 heterocycles. The number of hydrogen-bond acceptors (Lipinski definition) is 6. The molecule has 1 unspecified atom stereocenters. The summed E-state index contributed by atoms with van der Waals surface area (Å²) >= 11 is 0. The Morgan fingerprint density at radius 1 is 1.05 bits per heavy atom. The molecule has 3 aromatic rings. The predicted octanol–water partition coefficient (Wildman–Crippen LogP) is 6.85. The summed E-state index contributed by atoms with van der Waals surface area (Å²) in [5.74, 6) is 0.307. The molecular formula is C31H37N3O4. The largest absolute Gasteiger partial charge is 0.447 e. The number of amides is 1. The van der Waals surface area contributed by atoms with Crippen molar-refractivity contribution in [1.29, 1.82) is 0 Å². The Labute approximate surface area is 224 Å². The van der Waals surface area contributed by atoms with Crippen molar-refractivity contribution >= 4 is 18.1 Å². The van der Waals surface area contributed by atoms with Crippen molar-refractivity contribution < 1.29 is 18.7 Å². The zero-order chi connectivity index (χ0) is 26.5. The van der Waals surface area contributed by atoms with Crippen molar-refractivity contribution in [2.75, 3.05) is 6.54 Å². The molecule has 7 nitrogen and oxygen atoms in total. The molecule has 0 bridgehead atoms. The number of ether oxygens (including phenoxy) is 1. The average molecular weight is 516 g/mol. The van der Waals surface area contributed by atoms with E-state index in [1.807, 2.05) is 54.6 Å². The first-order valence-electron chi connectivity index (χ1n) is 13.7. The highest BCUT2D eigenvalue weighted by Crippen LogP contribution is 2.38. The van der Waals surface area contributed by atoms with Gasteiger partial charge in [-0.05, 0) is 42.4 Å². The fraction of sp³-hybridized carbons (Fsp3) is 0.419. The lowest BCUT2D eigenvalue weighted by Crippen LogP contribution is -2.42. The van der Waals surface area contributed by atoms with Gasteiger partial charge in [0.2, 0.25) is 5.89 Å². The first-order valence-corrected chi connectivity index (χ1v) is 13.7. The molecule has 4 rings (SSSR count). The Kier molecular flexibility index (Phi) is 10.2. The third kappa shape index (κ3) is 7.40. The average Bonchev–Trinajstić information content (AvgIpc) is 3.50. The van der Waals surface area contributed by atoms with Crippen LogP contribution in [-0.2, 0) is 14.9 Å². The van der Waals surface area contributed by atoms with Crippen LogP contribution in [0.2, 0.25) is 0 Å². The van der Waals surface area contributed by atoms with E-state index in [1.165, 1.54) is 51.0 Å². The number of allylic oxidation sites excluding steroid dienone is 1. The fourth-order valence-electron chi connectivity index (χ4n) is 5.26. The summed E-state index contributed by atoms with van der Waals surface area (Å²) in [5, 5.41) is 2.75. The number of nitrogens with zero attached hydrogens (tertiary/aromatic N) is 2. The Bertz CT molecular complexity index is 1140. The Morgan fingerprint density at radius 2 is 1.89 bits per heavy atom. The van der Waals surface area contributed by atoms with Gasteiger partial charge in [0.15, 0.2) is 5.41 Å². The molecule has 200 valence electrons. The van der Waals surface area contributed by atoms with Gasteiger partial charge in [-0.15, -0.1) is 0 Å². The number of hydrogen-bond donors (Lipinski definition) is 1. The summed E-state index contributed by atoms with van der Waals surface area (Å²) in [7, 11) is 0. The highest BCUT2D eigenvalue weighted by atomic mass is 16.6. The van der Waals surface area contributed by atoms with E-state index in [-0.39, 0.29) is 5.89 Å². The lowest BCUT2D eigenvalue weighted by Gasteiger charge is -2.28. The number of alkyl carbamates (subject to hydrolysis) is 1. The first-order chi connectivity index (χ1) is 18.7. The summed E-state index contributed by atoms with van der Waals surface area (Å²) in [6, 6.07) is 13.1. The van der Waals surface area contributed by atoms with Gasteiger partial charge in [-0.2, -0.15) is 0 Å². The van der Waals surface area contributed by atoms with Gasteiger partial charge in [-0.3, -0.25) is 4.98 Å². The number of esters is 1. The number of unbranched alkanes of at least 4 members (excludes halogenated alkanes) is 1. The number of pyridine rings is 1. The SMILES string of the molecule is O=C(NCCCCC1CCCCC1)OC(=O)C(CCC=Cc1cccnc1)(c1ccccc1)c1ncco1. The predicted molar refractivity (Wildman–Crippen MR) is 146 cm³/mol. The lowest BCUT2D eigenvalue weighted by atomic mass is 9.76. The first kappa shape index (κ1) is 27.3. The van der Waals surface area contributed by atoms with Crippen molar-refractivity contribution in [1.82, 2.24) is 15.3 Å². The van der Waals surface area contributed by atoms with Crippen LogP contribution in [0, 0.1) is 5.92 Å². The van der Waals surface area contributed by atoms with Crippen LogP contribution in [0.1, 0.15) is 81.2 Å². The van der Waals surface area contributed by atoms with Crippen LogP contribution in [-0.4, -0.2) is 28.6 Å². The molecular weight excluding hydrogens is 478 g/mol. The fourth-order valence-corrected chi connectivity index (χ4v) is 5.26. The smallest absolute Gasteiger partial charge is 0.414 e. The maximum atomic E-state index is 13.7. The van der Waals surface area contributed by atoms with E-state index in [0.29, 0.717) is 24.9 Å². The minimum Gasteiger partial charge on any atom is -0.447 e. The van der Waals surface area contributed by atoms with Crippen LogP contribution in [0.15, 0.2) is 77.8 Å². The monoisotopic (exact) mass is 515 g/mol. The van der Waals surface area contributed by atoms with E-state index in [4.69, 9.17) is 9.15 Å². The van der Waals surface area contributed by atoms with Crippen LogP contribution in [0.5, 0.6) is 0 Å². The highest BCUT2D eigenvalue weighted by molar-refractivity contribution is 5.93. The van der Waals surface area contributed by atoms with Gasteiger partial charge in [-0.25, -0.2) is 14.6 Å². The minimum atomic E-state index is -1.37. The van der Waals surface area contributed by atoms with Crippen LogP contribution in [0.4, 0.5) is 4.79 Å². The zero-order valence-corrected chi connectivity index (χ0v) is 21.9. The van der Waals surface area contributed by atoms with E-state index in [1.54, 1.807) is 12.4 Å². The number of rotatable bonds is 12. The van der Waals surface area contributed by atoms with Crippen molar-refractivity contribution in [3.05, 3.63) is 90.4 Å². The van der Waals surface area contributed by atoms with Gasteiger partial charge < -0.3 is 14.5 Å². The second-order valence-electron chi connectivity index (χ2n) is 9.94. The lowest BCUT2D eigenvalue weighted by molar-refractivity contribution is -0.143. The van der Waals surface area contributed by atoms with Crippen molar-refractivity contribution in [3.63, 3.8) is 0 Å². The summed E-state index contributed by atoms with van der Waals surface area (Å²) in [5.41, 5.74) is 0.240. The van der Waals surface area contributed by atoms with Crippen molar-refractivity contribution in [3.8, 4) is 0 Å². The molecule has 1 fully saturated rings. The maximum Gasteiger partial charge on any atom is 0.414 e. The second kappa shape index (κ2) is 14.3. The van der Waals surface area contributed by atoms with Crippen LogP contribution in [0.3, 0.4) is 0 Å². The number of carbonyl (C=O) groups excluding carboxylic acids is 2. The number of oxazole rings is 1. The van der Waals surface area contributed by atoms with E-state index in [0.717, 1.165) is 24.3 Å². The maximum absolute atomic E-state index is 13.7. The summed E-state index contributed by atoms with van der Waals surface area (Å²) in [6.07, 6.45) is 20.2. The molecule has 0 radical (unpaired) electrons. The standard InChI is InChI=1S/C31H37N3O4/c35-29(38-30(36)34-21-10-8-14-25-12-3-1-4-13-25)31(28-33-22-23-37-28,27-17-5-2-6-18-27)19-9-7-15-26-16-11-20-32-24-26/h2,5-7,11,15-18,20,22-25H,1,3-4,8-10,12-14,19,21H2,(H,34,36). The third-order valence-corrected chi connectivity index (χ3v) is 7.31. The van der Waals surface area contributed by atoms with E-state index < -0.39 is 17.5 Å². The van der Waals surface area contributed by atoms with Gasteiger partial charge in [0.1, 0.15) is 6.26 Å². The quantitative estimate of drug-likeness (QED) is 0.161. The van der Waals surface area contributed by atoms with Gasteiger partial charge >= 0.3 is 12.1 Å². The molecule has 1 aromatic carbocycles. The summed E-state index contributed by atoms with van der Waals surface area (Å²) in [4.78, 5) is 34.8. The normalized spacial score (nSPS) is 15.7. The molecule has 1 aliphatic rings. The molecule has 1 amide bonds. The molecule has 7 heteroatoms. The van der Waals surface area contributed by atoms with Gasteiger partial charge in [-0.1, -0.05) is 93.5 Å². The molecule has 0 spiro atoms. The molecule has 0 aliphatic heterocycles. The van der Waals surface area contributed by atoms with E-state index in [2.05, 4.69) is 15.3 Å². The minimum absolute atomic E-state index is 0.198. The molecule has 38 heavy (non-hydrogen) atoms. The topological polar surface area (TPSA) is 94.3 Å². The Morgan fingerprint density at radius 3 is 2.63 bits per heavy atom. The molecule has 1 atom stereocenters. The van der Waals surface area contributed by atoms with Crippen LogP contribution in [0.25, 0.3) is 6.08 Å². The zero-order valence-electron chi connectivity index (χ0n) is 21.9. The van der Waals surface area contributed by atoms with Gasteiger partial charge in [0.05, 0.1) is 6.20 Å². The van der Waals surface area contributed by atoms with Crippen molar-refractivity contribution in [2.24, 2.45) is 5.92 Å².